The van der Waals surface area contributed by atoms with Crippen LogP contribution in [0.25, 0.3) is 16.8 Å². The summed E-state index contributed by atoms with van der Waals surface area (Å²) in [6.45, 7) is 5.64. The highest BCUT2D eigenvalue weighted by Gasteiger charge is 2.21. The predicted octanol–water partition coefficient (Wildman–Crippen LogP) is 3.32. The second-order valence-corrected chi connectivity index (χ2v) is 7.11. The molecule has 0 saturated heterocycles. The summed E-state index contributed by atoms with van der Waals surface area (Å²) in [4.78, 5) is 23.1. The molecule has 4 aromatic rings. The Morgan fingerprint density at radius 3 is 2.60 bits per heavy atom. The summed E-state index contributed by atoms with van der Waals surface area (Å²) in [6, 6.07) is 13.9. The van der Waals surface area contributed by atoms with E-state index in [0.717, 1.165) is 16.7 Å². The number of hydrogen-bond acceptors (Lipinski definition) is 6. The molecule has 0 N–H and O–H groups in total. The van der Waals surface area contributed by atoms with Gasteiger partial charge in [-0.1, -0.05) is 23.8 Å². The van der Waals surface area contributed by atoms with Gasteiger partial charge in [0.25, 0.3) is 11.9 Å². The third-order valence-electron chi connectivity index (χ3n) is 5.00. The monoisotopic (exact) mass is 404 g/mol. The van der Waals surface area contributed by atoms with E-state index >= 15 is 0 Å². The summed E-state index contributed by atoms with van der Waals surface area (Å²) < 4.78 is 5.82. The lowest BCUT2D eigenvalue weighted by Gasteiger charge is -2.25. The highest BCUT2D eigenvalue weighted by Crippen LogP contribution is 2.21. The zero-order valence-corrected chi connectivity index (χ0v) is 17.3. The summed E-state index contributed by atoms with van der Waals surface area (Å²) in [7, 11) is 1.91. The summed E-state index contributed by atoms with van der Waals surface area (Å²) >= 11 is 0. The van der Waals surface area contributed by atoms with Gasteiger partial charge >= 0.3 is 0 Å². The first-order chi connectivity index (χ1) is 14.6. The molecule has 2 heterocycles. The van der Waals surface area contributed by atoms with Crippen LogP contribution in [0.1, 0.15) is 22.8 Å². The molecule has 0 aliphatic rings. The van der Waals surface area contributed by atoms with Crippen LogP contribution in [-0.4, -0.2) is 57.5 Å². The van der Waals surface area contributed by atoms with Crippen LogP contribution in [0.4, 0.5) is 6.01 Å². The van der Waals surface area contributed by atoms with Crippen molar-refractivity contribution in [2.24, 2.45) is 0 Å². The molecule has 30 heavy (non-hydrogen) atoms. The number of hydrogen-bond donors (Lipinski definition) is 0. The molecule has 4 rings (SSSR count). The predicted molar refractivity (Wildman–Crippen MR) is 115 cm³/mol. The molecule has 0 spiro atoms. The molecule has 0 fully saturated rings. The molecule has 8 heteroatoms. The Labute approximate surface area is 174 Å². The molecule has 0 aliphatic heterocycles. The SMILES string of the molecule is CCN(CCN(C)c1nc2ccccc2o1)C(=O)c1cc(C)ccc1-n1nccn1. The summed E-state index contributed by atoms with van der Waals surface area (Å²) in [6.07, 6.45) is 3.20. The maximum Gasteiger partial charge on any atom is 0.298 e. The van der Waals surface area contributed by atoms with E-state index in [1.165, 1.54) is 4.80 Å². The number of carbonyl (C=O) groups excluding carboxylic acids is 1. The lowest BCUT2D eigenvalue weighted by molar-refractivity contribution is 0.0768. The van der Waals surface area contributed by atoms with Crippen molar-refractivity contribution < 1.29 is 9.21 Å². The molecule has 0 saturated carbocycles. The molecule has 0 bridgehead atoms. The fraction of sp³-hybridized carbons (Fsp3) is 0.273. The first kappa shape index (κ1) is 19.6. The highest BCUT2D eigenvalue weighted by molar-refractivity contribution is 5.98. The van der Waals surface area contributed by atoms with Crippen molar-refractivity contribution in [3.8, 4) is 5.69 Å². The van der Waals surface area contributed by atoms with Crippen molar-refractivity contribution in [2.75, 3.05) is 31.6 Å². The minimum absolute atomic E-state index is 0.0561. The number of amides is 1. The lowest BCUT2D eigenvalue weighted by atomic mass is 10.1. The number of anilines is 1. The Kier molecular flexibility index (Phi) is 5.47. The standard InChI is InChI=1S/C22H24N6O2/c1-4-27(14-13-26(3)22-25-18-7-5-6-8-20(18)30-22)21(29)17-15-16(2)9-10-19(17)28-23-11-12-24-28/h5-12,15H,4,13-14H2,1-3H3. The summed E-state index contributed by atoms with van der Waals surface area (Å²) in [5.74, 6) is -0.0561. The quantitative estimate of drug-likeness (QED) is 0.470. The maximum absolute atomic E-state index is 13.3. The second-order valence-electron chi connectivity index (χ2n) is 7.11. The number of rotatable bonds is 7. The molecule has 8 nitrogen and oxygen atoms in total. The van der Waals surface area contributed by atoms with E-state index in [1.54, 1.807) is 17.3 Å². The van der Waals surface area contributed by atoms with Crippen molar-refractivity contribution in [1.82, 2.24) is 24.9 Å². The number of oxazole rings is 1. The molecular weight excluding hydrogens is 380 g/mol. The number of aryl methyl sites for hydroxylation is 1. The zero-order valence-electron chi connectivity index (χ0n) is 17.3. The van der Waals surface area contributed by atoms with Crippen LogP contribution in [0.3, 0.4) is 0 Å². The number of carbonyl (C=O) groups is 1. The Hall–Kier alpha value is -3.68. The smallest absolute Gasteiger partial charge is 0.298 e. The molecule has 2 aromatic heterocycles. The molecule has 0 aliphatic carbocycles. The second kappa shape index (κ2) is 8.36. The van der Waals surface area contributed by atoms with Crippen LogP contribution in [0.15, 0.2) is 59.3 Å². The van der Waals surface area contributed by atoms with Crippen LogP contribution in [0.2, 0.25) is 0 Å². The van der Waals surface area contributed by atoms with Crippen LogP contribution in [-0.2, 0) is 0 Å². The number of fused-ring (bicyclic) bond motifs is 1. The fourth-order valence-electron chi connectivity index (χ4n) is 3.30. The molecule has 0 radical (unpaired) electrons. The minimum Gasteiger partial charge on any atom is -0.423 e. The average Bonchev–Trinajstić information content (AvgIpc) is 3.43. The average molecular weight is 404 g/mol. The lowest BCUT2D eigenvalue weighted by Crippen LogP contribution is -2.38. The zero-order chi connectivity index (χ0) is 21.1. The van der Waals surface area contributed by atoms with E-state index in [4.69, 9.17) is 4.42 Å². The molecule has 0 atom stereocenters. The van der Waals surface area contributed by atoms with Crippen molar-refractivity contribution >= 4 is 23.0 Å². The van der Waals surface area contributed by atoms with Crippen molar-refractivity contribution in [2.45, 2.75) is 13.8 Å². The van der Waals surface area contributed by atoms with Gasteiger partial charge in [-0.3, -0.25) is 4.79 Å². The van der Waals surface area contributed by atoms with Gasteiger partial charge in [0.15, 0.2) is 5.58 Å². The Balaban J connectivity index is 1.51. The van der Waals surface area contributed by atoms with Crippen LogP contribution in [0.5, 0.6) is 0 Å². The minimum atomic E-state index is -0.0561. The molecular formula is C22H24N6O2. The summed E-state index contributed by atoms with van der Waals surface area (Å²) in [5, 5.41) is 8.37. The number of aromatic nitrogens is 4. The first-order valence-electron chi connectivity index (χ1n) is 9.90. The van der Waals surface area contributed by atoms with E-state index in [2.05, 4.69) is 15.2 Å². The van der Waals surface area contributed by atoms with Gasteiger partial charge in [0.1, 0.15) is 5.52 Å². The van der Waals surface area contributed by atoms with Crippen molar-refractivity contribution in [3.63, 3.8) is 0 Å². The maximum atomic E-state index is 13.3. The van der Waals surface area contributed by atoms with Gasteiger partial charge in [-0.2, -0.15) is 20.0 Å². The number of benzene rings is 2. The van der Waals surface area contributed by atoms with Gasteiger partial charge in [-0.15, -0.1) is 0 Å². The third-order valence-corrected chi connectivity index (χ3v) is 5.00. The van der Waals surface area contributed by atoms with E-state index in [-0.39, 0.29) is 5.91 Å². The van der Waals surface area contributed by atoms with Gasteiger partial charge in [0.2, 0.25) is 0 Å². The summed E-state index contributed by atoms with van der Waals surface area (Å²) in [5.41, 5.74) is 3.82. The molecule has 154 valence electrons. The Morgan fingerprint density at radius 2 is 1.87 bits per heavy atom. The number of nitrogens with zero attached hydrogens (tertiary/aromatic N) is 6. The largest absolute Gasteiger partial charge is 0.423 e. The third kappa shape index (κ3) is 3.89. The van der Waals surface area contributed by atoms with Gasteiger partial charge in [-0.25, -0.2) is 0 Å². The van der Waals surface area contributed by atoms with Gasteiger partial charge < -0.3 is 14.2 Å². The normalized spacial score (nSPS) is 11.0. The van der Waals surface area contributed by atoms with Crippen LogP contribution >= 0.6 is 0 Å². The van der Waals surface area contributed by atoms with Crippen molar-refractivity contribution in [3.05, 3.63) is 66.0 Å². The van der Waals surface area contributed by atoms with E-state index in [1.807, 2.05) is 68.3 Å². The Bertz CT molecular complexity index is 1120. The molecule has 1 amide bonds. The van der Waals surface area contributed by atoms with Gasteiger partial charge in [0.05, 0.1) is 23.6 Å². The number of likely N-dealkylation sites (N-methyl/N-ethyl adjacent to an activating group) is 2. The number of para-hydroxylation sites is 2. The van der Waals surface area contributed by atoms with Crippen LogP contribution < -0.4 is 4.90 Å². The van der Waals surface area contributed by atoms with Crippen LogP contribution in [0, 0.1) is 6.92 Å². The van der Waals surface area contributed by atoms with E-state index in [0.29, 0.717) is 36.9 Å². The Morgan fingerprint density at radius 1 is 1.10 bits per heavy atom. The van der Waals surface area contributed by atoms with E-state index in [9.17, 15) is 4.79 Å². The fourth-order valence-corrected chi connectivity index (χ4v) is 3.30. The van der Waals surface area contributed by atoms with Gasteiger partial charge in [-0.05, 0) is 38.1 Å². The highest BCUT2D eigenvalue weighted by atomic mass is 16.4. The topological polar surface area (TPSA) is 80.3 Å². The first-order valence-corrected chi connectivity index (χ1v) is 9.90. The van der Waals surface area contributed by atoms with E-state index < -0.39 is 0 Å². The molecule has 0 unspecified atom stereocenters. The van der Waals surface area contributed by atoms with Crippen molar-refractivity contribution in [1.29, 1.82) is 0 Å². The molecule has 2 aromatic carbocycles. The van der Waals surface area contributed by atoms with Gasteiger partial charge in [0, 0.05) is 26.7 Å².